The van der Waals surface area contributed by atoms with Gasteiger partial charge in [-0.25, -0.2) is 0 Å². The number of nitrogens with zero attached hydrogens (tertiary/aromatic N) is 2. The summed E-state index contributed by atoms with van der Waals surface area (Å²) in [6.07, 6.45) is 0. The zero-order valence-electron chi connectivity index (χ0n) is 12.9. The molecule has 0 unspecified atom stereocenters. The van der Waals surface area contributed by atoms with Gasteiger partial charge in [-0.2, -0.15) is 5.26 Å². The van der Waals surface area contributed by atoms with Crippen molar-refractivity contribution in [1.82, 2.24) is 4.57 Å². The van der Waals surface area contributed by atoms with Gasteiger partial charge < -0.3 is 4.57 Å². The maximum Gasteiger partial charge on any atom is 0.251 e. The van der Waals surface area contributed by atoms with Gasteiger partial charge in [0.05, 0.1) is 18.2 Å². The molecule has 0 saturated carbocycles. The second-order valence-corrected chi connectivity index (χ2v) is 5.45. The molecule has 0 spiro atoms. The first-order valence-corrected chi connectivity index (χ1v) is 7.44. The predicted octanol–water partition coefficient (Wildman–Crippen LogP) is 3.74. The Hall–Kier alpha value is -3.12. The Morgan fingerprint density at radius 3 is 2.39 bits per heavy atom. The monoisotopic (exact) mass is 300 g/mol. The Morgan fingerprint density at radius 1 is 0.957 bits per heavy atom. The third kappa shape index (κ3) is 3.07. The lowest BCUT2D eigenvalue weighted by molar-refractivity contribution is 0.730. The standard InChI is InChI=1S/C20H16N2O/c1-15-5-4-8-20(23)22(15)14-16-9-11-17(12-10-16)19-7-3-2-6-18(19)13-21/h2-12H,14H2,1H3. The number of aromatic nitrogens is 1. The van der Waals surface area contributed by atoms with Crippen LogP contribution in [0.5, 0.6) is 0 Å². The van der Waals surface area contributed by atoms with E-state index in [4.69, 9.17) is 0 Å². The van der Waals surface area contributed by atoms with Crippen molar-refractivity contribution in [3.05, 3.63) is 93.9 Å². The highest BCUT2D eigenvalue weighted by Gasteiger charge is 2.05. The number of aryl methyl sites for hydroxylation is 1. The van der Waals surface area contributed by atoms with Gasteiger partial charge in [-0.15, -0.1) is 0 Å². The second-order valence-electron chi connectivity index (χ2n) is 5.45. The van der Waals surface area contributed by atoms with Crippen molar-refractivity contribution in [3.63, 3.8) is 0 Å². The Labute approximate surface area is 135 Å². The second kappa shape index (κ2) is 6.33. The molecular formula is C20H16N2O. The van der Waals surface area contributed by atoms with Crippen molar-refractivity contribution >= 4 is 0 Å². The summed E-state index contributed by atoms with van der Waals surface area (Å²) in [5, 5.41) is 9.20. The third-order valence-electron chi connectivity index (χ3n) is 3.92. The molecule has 1 heterocycles. The fraction of sp³-hybridized carbons (Fsp3) is 0.100. The lowest BCUT2D eigenvalue weighted by atomic mass is 9.99. The summed E-state index contributed by atoms with van der Waals surface area (Å²) in [5.74, 6) is 0. The molecule has 0 saturated heterocycles. The number of nitriles is 1. The van der Waals surface area contributed by atoms with E-state index in [1.54, 1.807) is 16.7 Å². The van der Waals surface area contributed by atoms with E-state index in [1.165, 1.54) is 0 Å². The van der Waals surface area contributed by atoms with Gasteiger partial charge in [0, 0.05) is 11.8 Å². The van der Waals surface area contributed by atoms with Crippen molar-refractivity contribution in [3.8, 4) is 17.2 Å². The number of hydrogen-bond donors (Lipinski definition) is 0. The first-order chi connectivity index (χ1) is 11.2. The van der Waals surface area contributed by atoms with Crippen LogP contribution in [-0.4, -0.2) is 4.57 Å². The van der Waals surface area contributed by atoms with E-state index in [0.29, 0.717) is 12.1 Å². The molecule has 23 heavy (non-hydrogen) atoms. The van der Waals surface area contributed by atoms with E-state index in [-0.39, 0.29) is 5.56 Å². The summed E-state index contributed by atoms with van der Waals surface area (Å²) in [5.41, 5.74) is 4.59. The summed E-state index contributed by atoms with van der Waals surface area (Å²) >= 11 is 0. The maximum atomic E-state index is 11.9. The SMILES string of the molecule is Cc1cccc(=O)n1Cc1ccc(-c2ccccc2C#N)cc1. The molecule has 0 N–H and O–H groups in total. The highest BCUT2D eigenvalue weighted by molar-refractivity contribution is 5.70. The topological polar surface area (TPSA) is 45.8 Å². The molecule has 3 rings (SSSR count). The first kappa shape index (κ1) is 14.8. The summed E-state index contributed by atoms with van der Waals surface area (Å²) in [6, 6.07) is 23.0. The van der Waals surface area contributed by atoms with Gasteiger partial charge in [0.1, 0.15) is 0 Å². The lowest BCUT2D eigenvalue weighted by Gasteiger charge is -2.10. The average Bonchev–Trinajstić information content (AvgIpc) is 2.59. The minimum atomic E-state index is 0.00361. The van der Waals surface area contributed by atoms with Gasteiger partial charge in [-0.3, -0.25) is 4.79 Å². The molecule has 0 aliphatic carbocycles. The molecule has 112 valence electrons. The number of benzene rings is 2. The summed E-state index contributed by atoms with van der Waals surface area (Å²) in [4.78, 5) is 11.9. The van der Waals surface area contributed by atoms with E-state index >= 15 is 0 Å². The van der Waals surface area contributed by atoms with Crippen LogP contribution in [0.25, 0.3) is 11.1 Å². The Balaban J connectivity index is 1.91. The van der Waals surface area contributed by atoms with E-state index in [0.717, 1.165) is 22.4 Å². The normalized spacial score (nSPS) is 10.3. The van der Waals surface area contributed by atoms with Gasteiger partial charge in [0.25, 0.3) is 5.56 Å². The maximum absolute atomic E-state index is 11.9. The van der Waals surface area contributed by atoms with Crippen LogP contribution in [0.15, 0.2) is 71.5 Å². The van der Waals surface area contributed by atoms with Gasteiger partial charge >= 0.3 is 0 Å². The molecule has 0 bridgehead atoms. The summed E-state index contributed by atoms with van der Waals surface area (Å²) in [7, 11) is 0. The van der Waals surface area contributed by atoms with Crippen LogP contribution in [-0.2, 0) is 6.54 Å². The largest absolute Gasteiger partial charge is 0.309 e. The quantitative estimate of drug-likeness (QED) is 0.739. The van der Waals surface area contributed by atoms with Crippen LogP contribution >= 0.6 is 0 Å². The van der Waals surface area contributed by atoms with Gasteiger partial charge in [-0.1, -0.05) is 48.5 Å². The van der Waals surface area contributed by atoms with E-state index in [2.05, 4.69) is 6.07 Å². The van der Waals surface area contributed by atoms with Gasteiger partial charge in [0.15, 0.2) is 0 Å². The molecule has 0 atom stereocenters. The molecule has 0 radical (unpaired) electrons. The van der Waals surface area contributed by atoms with Crippen molar-refractivity contribution in [2.75, 3.05) is 0 Å². The molecular weight excluding hydrogens is 284 g/mol. The average molecular weight is 300 g/mol. The Morgan fingerprint density at radius 2 is 1.70 bits per heavy atom. The molecule has 0 aliphatic heterocycles. The van der Waals surface area contributed by atoms with Crippen LogP contribution in [0.1, 0.15) is 16.8 Å². The van der Waals surface area contributed by atoms with Crippen molar-refractivity contribution in [1.29, 1.82) is 5.26 Å². The fourth-order valence-electron chi connectivity index (χ4n) is 2.63. The van der Waals surface area contributed by atoms with Crippen LogP contribution in [0.3, 0.4) is 0 Å². The molecule has 1 aromatic heterocycles. The number of hydrogen-bond acceptors (Lipinski definition) is 2. The van der Waals surface area contributed by atoms with Crippen LogP contribution in [0.4, 0.5) is 0 Å². The number of pyridine rings is 1. The Kier molecular flexibility index (Phi) is 4.07. The molecule has 2 aromatic carbocycles. The van der Waals surface area contributed by atoms with Crippen molar-refractivity contribution in [2.45, 2.75) is 13.5 Å². The van der Waals surface area contributed by atoms with Crippen LogP contribution in [0.2, 0.25) is 0 Å². The van der Waals surface area contributed by atoms with E-state index in [1.807, 2.05) is 61.5 Å². The third-order valence-corrected chi connectivity index (χ3v) is 3.92. The summed E-state index contributed by atoms with van der Waals surface area (Å²) < 4.78 is 1.75. The minimum Gasteiger partial charge on any atom is -0.309 e. The highest BCUT2D eigenvalue weighted by atomic mass is 16.1. The molecule has 3 aromatic rings. The van der Waals surface area contributed by atoms with Crippen LogP contribution < -0.4 is 5.56 Å². The molecule has 0 amide bonds. The predicted molar refractivity (Wildman–Crippen MR) is 91.1 cm³/mol. The summed E-state index contributed by atoms with van der Waals surface area (Å²) in [6.45, 7) is 2.48. The van der Waals surface area contributed by atoms with Crippen molar-refractivity contribution in [2.24, 2.45) is 0 Å². The highest BCUT2D eigenvalue weighted by Crippen LogP contribution is 2.23. The van der Waals surface area contributed by atoms with E-state index < -0.39 is 0 Å². The minimum absolute atomic E-state index is 0.00361. The molecule has 0 fully saturated rings. The van der Waals surface area contributed by atoms with Gasteiger partial charge in [0.2, 0.25) is 0 Å². The van der Waals surface area contributed by atoms with Crippen LogP contribution in [0, 0.1) is 18.3 Å². The smallest absolute Gasteiger partial charge is 0.251 e. The Bertz CT molecular complexity index is 931. The first-order valence-electron chi connectivity index (χ1n) is 7.44. The lowest BCUT2D eigenvalue weighted by Crippen LogP contribution is -2.21. The zero-order valence-corrected chi connectivity index (χ0v) is 12.9. The fourth-order valence-corrected chi connectivity index (χ4v) is 2.63. The molecule has 3 nitrogen and oxygen atoms in total. The van der Waals surface area contributed by atoms with Crippen molar-refractivity contribution < 1.29 is 0 Å². The zero-order chi connectivity index (χ0) is 16.2. The van der Waals surface area contributed by atoms with E-state index in [9.17, 15) is 10.1 Å². The van der Waals surface area contributed by atoms with Gasteiger partial charge in [-0.05, 0) is 35.7 Å². The number of rotatable bonds is 3. The molecule has 3 heteroatoms. The molecule has 0 aliphatic rings.